The first-order valence-electron chi connectivity index (χ1n) is 7.96. The van der Waals surface area contributed by atoms with Crippen LogP contribution in [0.5, 0.6) is 0 Å². The molecular formula is C20H16F3NO2. The molecule has 1 N–H and O–H groups in total. The highest BCUT2D eigenvalue weighted by molar-refractivity contribution is 6.02. The number of carbonyl (C=O) groups is 1. The predicted octanol–water partition coefficient (Wildman–Crippen LogP) is 5.44. The van der Waals surface area contributed by atoms with E-state index in [9.17, 15) is 23.1 Å². The molecular weight excluding hydrogens is 343 g/mol. The molecule has 2 aromatic carbocycles. The maximum Gasteiger partial charge on any atom is 0.416 e. The van der Waals surface area contributed by atoms with E-state index in [1.54, 1.807) is 54.0 Å². The smallest absolute Gasteiger partial charge is 0.416 e. The molecule has 1 heterocycles. The van der Waals surface area contributed by atoms with Crippen LogP contribution in [0.1, 0.15) is 34.1 Å². The van der Waals surface area contributed by atoms with Crippen LogP contribution >= 0.6 is 0 Å². The van der Waals surface area contributed by atoms with Crippen molar-refractivity contribution in [1.82, 2.24) is 4.57 Å². The van der Waals surface area contributed by atoms with Crippen LogP contribution in [0.3, 0.4) is 0 Å². The van der Waals surface area contributed by atoms with Crippen molar-refractivity contribution in [3.63, 3.8) is 0 Å². The van der Waals surface area contributed by atoms with Crippen LogP contribution in [0.25, 0.3) is 17.0 Å². The summed E-state index contributed by atoms with van der Waals surface area (Å²) in [5.74, 6) is -1.12. The molecule has 0 bridgehead atoms. The molecule has 0 radical (unpaired) electrons. The first kappa shape index (κ1) is 17.8. The molecule has 0 aliphatic carbocycles. The number of allylic oxidation sites excluding steroid dienone is 1. The summed E-state index contributed by atoms with van der Waals surface area (Å²) >= 11 is 0. The second kappa shape index (κ2) is 6.71. The summed E-state index contributed by atoms with van der Waals surface area (Å²) in [6.07, 6.45) is -1.00. The van der Waals surface area contributed by atoms with Gasteiger partial charge in [0, 0.05) is 23.0 Å². The van der Waals surface area contributed by atoms with Crippen molar-refractivity contribution in [2.75, 3.05) is 0 Å². The average molecular weight is 359 g/mol. The van der Waals surface area contributed by atoms with E-state index in [1.807, 2.05) is 0 Å². The second-order valence-electron chi connectivity index (χ2n) is 5.87. The third-order valence-electron chi connectivity index (χ3n) is 4.14. The molecule has 26 heavy (non-hydrogen) atoms. The fourth-order valence-electron chi connectivity index (χ4n) is 3.09. The number of nitrogens with zero attached hydrogens (tertiary/aromatic N) is 1. The Hall–Kier alpha value is -3.02. The summed E-state index contributed by atoms with van der Waals surface area (Å²) in [5, 5.41) is 10.4. The molecule has 0 aliphatic heterocycles. The van der Waals surface area contributed by atoms with Gasteiger partial charge in [-0.05, 0) is 30.7 Å². The molecule has 134 valence electrons. The number of carboxylic acid groups (broad SMARTS) is 1. The Bertz CT molecular complexity index is 1000. The number of hydrogen-bond donors (Lipinski definition) is 1. The highest BCUT2D eigenvalue weighted by atomic mass is 19.4. The predicted molar refractivity (Wildman–Crippen MR) is 94.2 cm³/mol. The number of carboxylic acids is 1. The number of hydrogen-bond acceptors (Lipinski definition) is 1. The largest absolute Gasteiger partial charge is 0.477 e. The Kier molecular flexibility index (Phi) is 4.59. The number of alkyl halides is 3. The highest BCUT2D eigenvalue weighted by Gasteiger charge is 2.30. The molecule has 0 spiro atoms. The molecule has 6 heteroatoms. The van der Waals surface area contributed by atoms with E-state index in [0.717, 1.165) is 17.5 Å². The van der Waals surface area contributed by atoms with Crippen molar-refractivity contribution in [3.05, 3.63) is 77.0 Å². The molecule has 0 amide bonds. The fraction of sp³-hybridized carbons (Fsp3) is 0.150. The van der Waals surface area contributed by atoms with Gasteiger partial charge in [0.2, 0.25) is 0 Å². The molecule has 0 saturated heterocycles. The van der Waals surface area contributed by atoms with Crippen molar-refractivity contribution in [2.45, 2.75) is 19.6 Å². The standard InChI is InChI=1S/C20H16F3NO2/c1-2-6-16-15-9-3-4-10-17(15)24(18(16)19(25)26)12-13-7-5-8-14(11-13)20(21,22)23/h2-11H,12H2,1H3,(H,25,26)/b6-2+. The minimum absolute atomic E-state index is 0.0314. The van der Waals surface area contributed by atoms with Gasteiger partial charge >= 0.3 is 12.1 Å². The maximum absolute atomic E-state index is 13.0. The van der Waals surface area contributed by atoms with E-state index < -0.39 is 17.7 Å². The summed E-state index contributed by atoms with van der Waals surface area (Å²) < 4.78 is 40.4. The average Bonchev–Trinajstić information content (AvgIpc) is 2.89. The van der Waals surface area contributed by atoms with Crippen LogP contribution < -0.4 is 0 Å². The van der Waals surface area contributed by atoms with Gasteiger partial charge in [0.05, 0.1) is 5.56 Å². The lowest BCUT2D eigenvalue weighted by Gasteiger charge is -2.12. The number of para-hydroxylation sites is 1. The zero-order valence-corrected chi connectivity index (χ0v) is 13.9. The van der Waals surface area contributed by atoms with Crippen LogP contribution in [-0.4, -0.2) is 15.6 Å². The lowest BCUT2D eigenvalue weighted by atomic mass is 10.1. The third-order valence-corrected chi connectivity index (χ3v) is 4.14. The van der Waals surface area contributed by atoms with Gasteiger partial charge in [-0.1, -0.05) is 42.5 Å². The molecule has 0 unspecified atom stereocenters. The van der Waals surface area contributed by atoms with Gasteiger partial charge in [0.15, 0.2) is 0 Å². The number of benzene rings is 2. The third kappa shape index (κ3) is 3.22. The normalized spacial score (nSPS) is 12.2. The van der Waals surface area contributed by atoms with Crippen molar-refractivity contribution in [1.29, 1.82) is 0 Å². The summed E-state index contributed by atoms with van der Waals surface area (Å²) in [6.45, 7) is 1.81. The summed E-state index contributed by atoms with van der Waals surface area (Å²) in [7, 11) is 0. The van der Waals surface area contributed by atoms with Crippen molar-refractivity contribution in [2.24, 2.45) is 0 Å². The summed E-state index contributed by atoms with van der Waals surface area (Å²) in [6, 6.07) is 12.1. The Labute approximate surface area is 148 Å². The quantitative estimate of drug-likeness (QED) is 0.674. The topological polar surface area (TPSA) is 42.2 Å². The van der Waals surface area contributed by atoms with Crippen molar-refractivity contribution in [3.8, 4) is 0 Å². The molecule has 1 aromatic heterocycles. The fourth-order valence-corrected chi connectivity index (χ4v) is 3.09. The Morgan fingerprint density at radius 2 is 1.88 bits per heavy atom. The van der Waals surface area contributed by atoms with Gasteiger partial charge in [-0.2, -0.15) is 13.2 Å². The molecule has 0 saturated carbocycles. The van der Waals surface area contributed by atoms with E-state index in [4.69, 9.17) is 0 Å². The molecule has 0 aliphatic rings. The highest BCUT2D eigenvalue weighted by Crippen LogP contribution is 2.31. The van der Waals surface area contributed by atoms with Gasteiger partial charge in [-0.25, -0.2) is 4.79 Å². The Balaban J connectivity index is 2.19. The SMILES string of the molecule is C/C=C/c1c(C(=O)O)n(Cc2cccc(C(F)(F)F)c2)c2ccccc12. The molecule has 3 rings (SSSR count). The van der Waals surface area contributed by atoms with E-state index in [-0.39, 0.29) is 12.2 Å². The molecule has 0 atom stereocenters. The number of aromatic carboxylic acids is 1. The second-order valence-corrected chi connectivity index (χ2v) is 5.87. The summed E-state index contributed by atoms with van der Waals surface area (Å²) in [4.78, 5) is 11.9. The first-order valence-corrected chi connectivity index (χ1v) is 7.96. The minimum atomic E-state index is -4.44. The number of halogens is 3. The Morgan fingerprint density at radius 1 is 1.15 bits per heavy atom. The van der Waals surface area contributed by atoms with Gasteiger partial charge in [-0.15, -0.1) is 0 Å². The van der Waals surface area contributed by atoms with Gasteiger partial charge in [0.25, 0.3) is 0 Å². The van der Waals surface area contributed by atoms with E-state index >= 15 is 0 Å². The zero-order chi connectivity index (χ0) is 18.9. The van der Waals surface area contributed by atoms with Crippen LogP contribution in [0.4, 0.5) is 13.2 Å². The maximum atomic E-state index is 13.0. The summed E-state index contributed by atoms with van der Waals surface area (Å²) in [5.41, 5.74) is 0.895. The molecule has 3 nitrogen and oxygen atoms in total. The van der Waals surface area contributed by atoms with E-state index in [1.165, 1.54) is 6.07 Å². The van der Waals surface area contributed by atoms with E-state index in [2.05, 4.69) is 0 Å². The number of rotatable bonds is 4. The van der Waals surface area contributed by atoms with Gasteiger partial charge in [-0.3, -0.25) is 0 Å². The van der Waals surface area contributed by atoms with Crippen molar-refractivity contribution >= 4 is 22.9 Å². The first-order chi connectivity index (χ1) is 12.3. The Morgan fingerprint density at radius 3 is 2.54 bits per heavy atom. The lowest BCUT2D eigenvalue weighted by molar-refractivity contribution is -0.137. The van der Waals surface area contributed by atoms with Crippen molar-refractivity contribution < 1.29 is 23.1 Å². The van der Waals surface area contributed by atoms with Crippen LogP contribution in [0.2, 0.25) is 0 Å². The number of aromatic nitrogens is 1. The minimum Gasteiger partial charge on any atom is -0.477 e. The number of fused-ring (bicyclic) bond motifs is 1. The van der Waals surface area contributed by atoms with Gasteiger partial charge in [0.1, 0.15) is 5.69 Å². The molecule has 0 fully saturated rings. The van der Waals surface area contributed by atoms with Gasteiger partial charge < -0.3 is 9.67 Å². The molecule has 3 aromatic rings. The van der Waals surface area contributed by atoms with Crippen LogP contribution in [0.15, 0.2) is 54.6 Å². The van der Waals surface area contributed by atoms with E-state index in [0.29, 0.717) is 16.6 Å². The zero-order valence-electron chi connectivity index (χ0n) is 13.9. The van der Waals surface area contributed by atoms with Crippen LogP contribution in [-0.2, 0) is 12.7 Å². The van der Waals surface area contributed by atoms with Crippen LogP contribution in [0, 0.1) is 0 Å². The lowest BCUT2D eigenvalue weighted by Crippen LogP contribution is -2.12. The monoisotopic (exact) mass is 359 g/mol.